The number of hydrogen-bond donors (Lipinski definition) is 0. The van der Waals surface area contributed by atoms with Crippen molar-refractivity contribution in [1.82, 2.24) is 14.9 Å². The predicted octanol–water partition coefficient (Wildman–Crippen LogP) is 0.395. The molecule has 0 amide bonds. The Hall–Kier alpha value is -2.42. The fourth-order valence-electron chi connectivity index (χ4n) is 1.87. The van der Waals surface area contributed by atoms with Crippen molar-refractivity contribution in [1.29, 1.82) is 0 Å². The Morgan fingerprint density at radius 2 is 1.91 bits per heavy atom. The number of sulfonamides is 1. The van der Waals surface area contributed by atoms with Crippen molar-refractivity contribution in [2.24, 2.45) is 0 Å². The van der Waals surface area contributed by atoms with Crippen LogP contribution in [0.3, 0.4) is 0 Å². The molecular formula is C13H16N4O4S. The Bertz CT molecular complexity index is 771. The molecule has 9 heteroatoms. The Balaban J connectivity index is 2.54. The molecule has 0 aliphatic rings. The monoisotopic (exact) mass is 324 g/mol. The Kier molecular flexibility index (Phi) is 4.45. The molecule has 0 unspecified atom stereocenters. The van der Waals surface area contributed by atoms with E-state index < -0.39 is 22.5 Å². The number of rotatable bonds is 5. The summed E-state index contributed by atoms with van der Waals surface area (Å²) in [5.74, 6) is -0.692. The molecule has 22 heavy (non-hydrogen) atoms. The third-order valence-electron chi connectivity index (χ3n) is 3.06. The van der Waals surface area contributed by atoms with Crippen LogP contribution in [0.2, 0.25) is 0 Å². The Labute approximate surface area is 128 Å². The summed E-state index contributed by atoms with van der Waals surface area (Å²) < 4.78 is 32.4. The van der Waals surface area contributed by atoms with E-state index in [9.17, 15) is 13.2 Å². The molecular weight excluding hydrogens is 308 g/mol. The summed E-state index contributed by atoms with van der Waals surface area (Å²) in [7, 11) is -2.78. The van der Waals surface area contributed by atoms with E-state index in [1.54, 1.807) is 26.0 Å². The first-order valence-corrected chi connectivity index (χ1v) is 7.82. The lowest BCUT2D eigenvalue weighted by atomic mass is 10.2. The van der Waals surface area contributed by atoms with Gasteiger partial charge in [-0.1, -0.05) is 12.1 Å². The average molecular weight is 324 g/mol. The first-order chi connectivity index (χ1) is 10.4. The average Bonchev–Trinajstić information content (AvgIpc) is 3.00. The molecule has 0 N–H and O–H groups in total. The Morgan fingerprint density at radius 3 is 2.50 bits per heavy atom. The topological polar surface area (TPSA) is 94.4 Å². The first kappa shape index (κ1) is 16.0. The van der Waals surface area contributed by atoms with E-state index in [0.717, 1.165) is 14.7 Å². The smallest absolute Gasteiger partial charge is 0.328 e. The van der Waals surface area contributed by atoms with Gasteiger partial charge in [-0.15, -0.1) is 10.2 Å². The number of carbonyl (C=O) groups is 1. The number of carbonyl (C=O) groups excluding carboxylic acids is 1. The second kappa shape index (κ2) is 6.14. The van der Waals surface area contributed by atoms with Gasteiger partial charge in [0, 0.05) is 0 Å². The zero-order valence-corrected chi connectivity index (χ0v) is 13.2. The van der Waals surface area contributed by atoms with E-state index in [-0.39, 0.29) is 4.90 Å². The standard InChI is InChI=1S/C13H16N4O4S/c1-10-4-5-11(2)12(6-10)22(19,20)17(7-13(18)21-3)16-8-14-15-9-16/h4-6,8-9H,7H2,1-3H3. The van der Waals surface area contributed by atoms with Crippen LogP contribution >= 0.6 is 0 Å². The van der Waals surface area contributed by atoms with Crippen LogP contribution in [-0.4, -0.2) is 42.9 Å². The van der Waals surface area contributed by atoms with Gasteiger partial charge in [-0.2, -0.15) is 12.8 Å². The van der Waals surface area contributed by atoms with Gasteiger partial charge in [-0.3, -0.25) is 4.79 Å². The summed E-state index contributed by atoms with van der Waals surface area (Å²) in [6, 6.07) is 5.09. The van der Waals surface area contributed by atoms with Crippen molar-refractivity contribution in [3.05, 3.63) is 42.0 Å². The van der Waals surface area contributed by atoms with Gasteiger partial charge >= 0.3 is 5.97 Å². The molecule has 8 nitrogen and oxygen atoms in total. The van der Waals surface area contributed by atoms with Gasteiger partial charge in [0.2, 0.25) is 0 Å². The highest BCUT2D eigenvalue weighted by Gasteiger charge is 2.29. The van der Waals surface area contributed by atoms with Crippen LogP contribution in [0.5, 0.6) is 0 Å². The van der Waals surface area contributed by atoms with Gasteiger partial charge in [0.05, 0.1) is 12.0 Å². The summed E-state index contributed by atoms with van der Waals surface area (Å²) in [4.78, 5) is 11.7. The lowest BCUT2D eigenvalue weighted by molar-refractivity contribution is -0.139. The molecule has 0 saturated heterocycles. The number of aryl methyl sites for hydroxylation is 2. The number of esters is 1. The molecule has 2 rings (SSSR count). The minimum absolute atomic E-state index is 0.116. The van der Waals surface area contributed by atoms with E-state index in [4.69, 9.17) is 0 Å². The van der Waals surface area contributed by atoms with Crippen LogP contribution < -0.4 is 4.41 Å². The molecule has 0 atom stereocenters. The second-order valence-electron chi connectivity index (χ2n) is 4.67. The van der Waals surface area contributed by atoms with Gasteiger partial charge in [0.1, 0.15) is 19.2 Å². The summed E-state index contributed by atoms with van der Waals surface area (Å²) >= 11 is 0. The summed E-state index contributed by atoms with van der Waals surface area (Å²) in [5, 5.41) is 7.16. The van der Waals surface area contributed by atoms with E-state index in [0.29, 0.717) is 5.56 Å². The van der Waals surface area contributed by atoms with Crippen LogP contribution in [0, 0.1) is 13.8 Å². The molecule has 1 heterocycles. The predicted molar refractivity (Wildman–Crippen MR) is 78.2 cm³/mol. The molecule has 0 bridgehead atoms. The number of aromatic nitrogens is 3. The maximum atomic E-state index is 12.9. The number of ether oxygens (including phenoxy) is 1. The third-order valence-corrected chi connectivity index (χ3v) is 4.92. The number of methoxy groups -OCH3 is 1. The van der Waals surface area contributed by atoms with Gasteiger partial charge < -0.3 is 4.74 Å². The molecule has 118 valence electrons. The maximum Gasteiger partial charge on any atom is 0.328 e. The fourth-order valence-corrected chi connectivity index (χ4v) is 3.52. The molecule has 0 aliphatic carbocycles. The largest absolute Gasteiger partial charge is 0.468 e. The fraction of sp³-hybridized carbons (Fsp3) is 0.308. The molecule has 2 aromatic rings. The SMILES string of the molecule is COC(=O)CN(n1cnnc1)S(=O)(=O)c1cc(C)ccc1C. The van der Waals surface area contributed by atoms with E-state index in [1.807, 2.05) is 6.07 Å². The zero-order valence-electron chi connectivity index (χ0n) is 12.4. The Morgan fingerprint density at radius 1 is 1.27 bits per heavy atom. The van der Waals surface area contributed by atoms with Gasteiger partial charge in [0.15, 0.2) is 0 Å². The van der Waals surface area contributed by atoms with Gasteiger partial charge in [0.25, 0.3) is 10.0 Å². The molecule has 1 aromatic carbocycles. The van der Waals surface area contributed by atoms with Gasteiger partial charge in [-0.05, 0) is 31.0 Å². The molecule has 1 aromatic heterocycles. The highest BCUT2D eigenvalue weighted by Crippen LogP contribution is 2.20. The number of benzene rings is 1. The van der Waals surface area contributed by atoms with Crippen LogP contribution in [0.4, 0.5) is 0 Å². The summed E-state index contributed by atoms with van der Waals surface area (Å²) in [6.07, 6.45) is 2.40. The normalized spacial score (nSPS) is 11.2. The van der Waals surface area contributed by atoms with Crippen molar-refractivity contribution in [2.75, 3.05) is 18.1 Å². The number of nitrogens with zero attached hydrogens (tertiary/aromatic N) is 4. The lowest BCUT2D eigenvalue weighted by Crippen LogP contribution is -2.43. The molecule has 0 saturated carbocycles. The van der Waals surface area contributed by atoms with E-state index in [1.165, 1.54) is 19.8 Å². The van der Waals surface area contributed by atoms with Crippen LogP contribution in [0.25, 0.3) is 0 Å². The van der Waals surface area contributed by atoms with Crippen LogP contribution in [0.1, 0.15) is 11.1 Å². The van der Waals surface area contributed by atoms with Crippen molar-refractivity contribution < 1.29 is 17.9 Å². The summed E-state index contributed by atoms with van der Waals surface area (Å²) in [6.45, 7) is 3.00. The second-order valence-corrected chi connectivity index (χ2v) is 6.48. The summed E-state index contributed by atoms with van der Waals surface area (Å²) in [5.41, 5.74) is 1.37. The van der Waals surface area contributed by atoms with Crippen molar-refractivity contribution in [2.45, 2.75) is 18.7 Å². The lowest BCUT2D eigenvalue weighted by Gasteiger charge is -2.24. The minimum Gasteiger partial charge on any atom is -0.468 e. The van der Waals surface area contributed by atoms with Crippen LogP contribution in [-0.2, 0) is 19.6 Å². The van der Waals surface area contributed by atoms with Gasteiger partial charge in [-0.25, -0.2) is 4.68 Å². The third kappa shape index (κ3) is 3.08. The molecule has 0 spiro atoms. The van der Waals surface area contributed by atoms with Crippen molar-refractivity contribution in [3.63, 3.8) is 0 Å². The highest BCUT2D eigenvalue weighted by molar-refractivity contribution is 7.92. The van der Waals surface area contributed by atoms with Crippen LogP contribution in [0.15, 0.2) is 35.7 Å². The maximum absolute atomic E-state index is 12.9. The minimum atomic E-state index is -3.97. The van der Waals surface area contributed by atoms with Crippen molar-refractivity contribution >= 4 is 16.0 Å². The quantitative estimate of drug-likeness (QED) is 0.739. The number of hydrogen-bond acceptors (Lipinski definition) is 6. The molecule has 0 fully saturated rings. The van der Waals surface area contributed by atoms with Crippen molar-refractivity contribution in [3.8, 4) is 0 Å². The zero-order chi connectivity index (χ0) is 16.3. The molecule has 0 aliphatic heterocycles. The van der Waals surface area contributed by atoms with E-state index >= 15 is 0 Å². The highest BCUT2D eigenvalue weighted by atomic mass is 32.2. The first-order valence-electron chi connectivity index (χ1n) is 6.38. The molecule has 0 radical (unpaired) electrons. The van der Waals surface area contributed by atoms with E-state index in [2.05, 4.69) is 14.9 Å².